The molecule has 20 heavy (non-hydrogen) atoms. The zero-order chi connectivity index (χ0) is 14.0. The van der Waals surface area contributed by atoms with Gasteiger partial charge in [-0.15, -0.1) is 0 Å². The van der Waals surface area contributed by atoms with Crippen molar-refractivity contribution in [3.8, 4) is 0 Å². The SMILES string of the molecule is Nc1ccc(C(=O)OC2CCOC3(CCSC3)C2)cc1. The van der Waals surface area contributed by atoms with Crippen molar-refractivity contribution in [3.63, 3.8) is 0 Å². The molecular formula is C15H19NO3S. The van der Waals surface area contributed by atoms with Crippen molar-refractivity contribution >= 4 is 23.4 Å². The Balaban J connectivity index is 1.62. The number of esters is 1. The smallest absolute Gasteiger partial charge is 0.338 e. The molecule has 0 amide bonds. The molecule has 2 atom stereocenters. The number of thioether (sulfide) groups is 1. The van der Waals surface area contributed by atoms with Crippen molar-refractivity contribution in [2.45, 2.75) is 31.0 Å². The molecule has 0 aliphatic carbocycles. The van der Waals surface area contributed by atoms with E-state index >= 15 is 0 Å². The van der Waals surface area contributed by atoms with Gasteiger partial charge in [-0.25, -0.2) is 4.79 Å². The first kappa shape index (κ1) is 13.8. The maximum atomic E-state index is 12.1. The number of rotatable bonds is 2. The largest absolute Gasteiger partial charge is 0.459 e. The van der Waals surface area contributed by atoms with Crippen LogP contribution in [0.25, 0.3) is 0 Å². The fraction of sp³-hybridized carbons (Fsp3) is 0.533. The van der Waals surface area contributed by atoms with Crippen molar-refractivity contribution < 1.29 is 14.3 Å². The van der Waals surface area contributed by atoms with Crippen LogP contribution in [-0.2, 0) is 9.47 Å². The van der Waals surface area contributed by atoms with E-state index in [1.807, 2.05) is 11.8 Å². The molecule has 2 aliphatic rings. The molecule has 5 heteroatoms. The molecule has 2 N–H and O–H groups in total. The van der Waals surface area contributed by atoms with Gasteiger partial charge in [0, 0.05) is 24.3 Å². The quantitative estimate of drug-likeness (QED) is 0.670. The molecule has 1 spiro atoms. The van der Waals surface area contributed by atoms with E-state index in [1.54, 1.807) is 24.3 Å². The van der Waals surface area contributed by atoms with Crippen molar-refractivity contribution in [1.29, 1.82) is 0 Å². The second-order valence-corrected chi connectivity index (χ2v) is 6.58. The second-order valence-electron chi connectivity index (χ2n) is 5.48. The predicted molar refractivity (Wildman–Crippen MR) is 79.9 cm³/mol. The van der Waals surface area contributed by atoms with Gasteiger partial charge in [-0.3, -0.25) is 0 Å². The van der Waals surface area contributed by atoms with Gasteiger partial charge in [-0.1, -0.05) is 0 Å². The third-order valence-electron chi connectivity index (χ3n) is 3.93. The lowest BCUT2D eigenvalue weighted by atomic mass is 9.91. The summed E-state index contributed by atoms with van der Waals surface area (Å²) in [4.78, 5) is 12.1. The number of carbonyl (C=O) groups excluding carboxylic acids is 1. The highest BCUT2D eigenvalue weighted by Crippen LogP contribution is 2.39. The Morgan fingerprint density at radius 2 is 2.20 bits per heavy atom. The summed E-state index contributed by atoms with van der Waals surface area (Å²) in [6, 6.07) is 6.85. The highest BCUT2D eigenvalue weighted by molar-refractivity contribution is 7.99. The number of benzene rings is 1. The van der Waals surface area contributed by atoms with E-state index in [0.717, 1.165) is 30.8 Å². The molecule has 2 saturated heterocycles. The van der Waals surface area contributed by atoms with Gasteiger partial charge in [0.2, 0.25) is 0 Å². The van der Waals surface area contributed by atoms with Crippen LogP contribution in [0.1, 0.15) is 29.6 Å². The van der Waals surface area contributed by atoms with Crippen LogP contribution in [-0.4, -0.2) is 35.8 Å². The average molecular weight is 293 g/mol. The molecule has 0 saturated carbocycles. The number of carbonyl (C=O) groups is 1. The Hall–Kier alpha value is -1.20. The first-order valence-corrected chi connectivity index (χ1v) is 8.11. The summed E-state index contributed by atoms with van der Waals surface area (Å²) in [5.41, 5.74) is 6.76. The normalized spacial score (nSPS) is 29.5. The average Bonchev–Trinajstić information content (AvgIpc) is 2.87. The van der Waals surface area contributed by atoms with Gasteiger partial charge in [-0.05, 0) is 36.4 Å². The minimum atomic E-state index is -0.266. The molecule has 2 unspecified atom stereocenters. The molecule has 1 aromatic carbocycles. The zero-order valence-electron chi connectivity index (χ0n) is 11.3. The van der Waals surface area contributed by atoms with Crippen LogP contribution >= 0.6 is 11.8 Å². The Morgan fingerprint density at radius 3 is 2.90 bits per heavy atom. The van der Waals surface area contributed by atoms with Gasteiger partial charge in [-0.2, -0.15) is 11.8 Å². The van der Waals surface area contributed by atoms with E-state index in [4.69, 9.17) is 15.2 Å². The number of ether oxygens (including phenoxy) is 2. The molecule has 3 rings (SSSR count). The van der Waals surface area contributed by atoms with Gasteiger partial charge in [0.15, 0.2) is 0 Å². The third kappa shape index (κ3) is 2.94. The minimum absolute atomic E-state index is 0.0347. The molecule has 1 aromatic rings. The van der Waals surface area contributed by atoms with Gasteiger partial charge in [0.1, 0.15) is 6.10 Å². The molecule has 108 valence electrons. The highest BCUT2D eigenvalue weighted by atomic mass is 32.2. The topological polar surface area (TPSA) is 61.6 Å². The molecular weight excluding hydrogens is 274 g/mol. The lowest BCUT2D eigenvalue weighted by Gasteiger charge is -2.37. The Labute approximate surface area is 123 Å². The van der Waals surface area contributed by atoms with Gasteiger partial charge in [0.25, 0.3) is 0 Å². The Kier molecular flexibility index (Phi) is 3.89. The first-order valence-electron chi connectivity index (χ1n) is 6.95. The number of anilines is 1. The maximum Gasteiger partial charge on any atom is 0.338 e. The van der Waals surface area contributed by atoms with Crippen LogP contribution in [0.5, 0.6) is 0 Å². The van der Waals surface area contributed by atoms with Gasteiger partial charge in [0.05, 0.1) is 17.8 Å². The third-order valence-corrected chi connectivity index (χ3v) is 5.16. The standard InChI is InChI=1S/C15H19NO3S/c16-12-3-1-11(2-4-12)14(17)19-13-5-7-18-15(9-13)6-8-20-10-15/h1-4,13H,5-10,16H2. The first-order chi connectivity index (χ1) is 9.67. The number of hydrogen-bond acceptors (Lipinski definition) is 5. The molecule has 0 radical (unpaired) electrons. The van der Waals surface area contributed by atoms with E-state index in [-0.39, 0.29) is 17.7 Å². The monoisotopic (exact) mass is 293 g/mol. The molecule has 0 bridgehead atoms. The van der Waals surface area contributed by atoms with E-state index < -0.39 is 0 Å². The van der Waals surface area contributed by atoms with Crippen LogP contribution in [0, 0.1) is 0 Å². The van der Waals surface area contributed by atoms with Crippen LogP contribution in [0.2, 0.25) is 0 Å². The van der Waals surface area contributed by atoms with E-state index in [2.05, 4.69) is 0 Å². The van der Waals surface area contributed by atoms with Crippen LogP contribution in [0.4, 0.5) is 5.69 Å². The lowest BCUT2D eigenvalue weighted by molar-refractivity contribution is -0.106. The van der Waals surface area contributed by atoms with E-state index in [1.165, 1.54) is 0 Å². The van der Waals surface area contributed by atoms with Gasteiger partial charge >= 0.3 is 5.97 Å². The minimum Gasteiger partial charge on any atom is -0.459 e. The molecule has 0 aromatic heterocycles. The Bertz CT molecular complexity index is 482. The van der Waals surface area contributed by atoms with Crippen molar-refractivity contribution in [2.24, 2.45) is 0 Å². The lowest BCUT2D eigenvalue weighted by Crippen LogP contribution is -2.43. The van der Waals surface area contributed by atoms with Crippen LogP contribution in [0.15, 0.2) is 24.3 Å². The zero-order valence-corrected chi connectivity index (χ0v) is 12.2. The fourth-order valence-corrected chi connectivity index (χ4v) is 4.16. The van der Waals surface area contributed by atoms with Crippen molar-refractivity contribution in [1.82, 2.24) is 0 Å². The second kappa shape index (κ2) is 5.66. The van der Waals surface area contributed by atoms with Crippen molar-refractivity contribution in [3.05, 3.63) is 29.8 Å². The van der Waals surface area contributed by atoms with E-state index in [0.29, 0.717) is 17.9 Å². The number of nitrogens with two attached hydrogens (primary N) is 1. The number of hydrogen-bond donors (Lipinski definition) is 1. The van der Waals surface area contributed by atoms with Crippen LogP contribution in [0.3, 0.4) is 0 Å². The summed E-state index contributed by atoms with van der Waals surface area (Å²) < 4.78 is 11.6. The molecule has 4 nitrogen and oxygen atoms in total. The summed E-state index contributed by atoms with van der Waals surface area (Å²) in [5.74, 6) is 1.89. The molecule has 2 fully saturated rings. The predicted octanol–water partition coefficient (Wildman–Crippen LogP) is 2.48. The fourth-order valence-electron chi connectivity index (χ4n) is 2.79. The number of nitrogen functional groups attached to an aromatic ring is 1. The summed E-state index contributed by atoms with van der Waals surface area (Å²) in [7, 11) is 0. The van der Waals surface area contributed by atoms with Gasteiger partial charge < -0.3 is 15.2 Å². The molecule has 2 heterocycles. The Morgan fingerprint density at radius 1 is 1.40 bits per heavy atom. The van der Waals surface area contributed by atoms with E-state index in [9.17, 15) is 4.79 Å². The summed E-state index contributed by atoms with van der Waals surface area (Å²) >= 11 is 1.92. The summed E-state index contributed by atoms with van der Waals surface area (Å²) in [6.45, 7) is 0.681. The van der Waals surface area contributed by atoms with Crippen LogP contribution < -0.4 is 5.73 Å². The maximum absolute atomic E-state index is 12.1. The summed E-state index contributed by atoms with van der Waals surface area (Å²) in [6.07, 6.45) is 2.63. The summed E-state index contributed by atoms with van der Waals surface area (Å²) in [5, 5.41) is 0. The van der Waals surface area contributed by atoms with Crippen molar-refractivity contribution in [2.75, 3.05) is 23.8 Å². The molecule has 2 aliphatic heterocycles. The highest BCUT2D eigenvalue weighted by Gasteiger charge is 2.41.